The average molecular weight is 321 g/mol. The predicted octanol–water partition coefficient (Wildman–Crippen LogP) is 4.64. The van der Waals surface area contributed by atoms with Gasteiger partial charge in [0.25, 0.3) is 0 Å². The number of fused-ring (bicyclic) bond motifs is 1. The van der Waals surface area contributed by atoms with Gasteiger partial charge in [-0.1, -0.05) is 41.4 Å². The number of nitrogens with one attached hydrogen (secondary N) is 1. The first-order valence-corrected chi connectivity index (χ1v) is 7.40. The SMILES string of the molecule is CNC(Cc1nc2ccccc2o1)c1c(Cl)cccc1Cl. The van der Waals surface area contributed by atoms with Gasteiger partial charge in [0.1, 0.15) is 5.52 Å². The van der Waals surface area contributed by atoms with E-state index in [1.54, 1.807) is 0 Å². The van der Waals surface area contributed by atoms with Crippen molar-refractivity contribution >= 4 is 34.3 Å². The van der Waals surface area contributed by atoms with Gasteiger partial charge in [0.05, 0.1) is 0 Å². The second-order valence-electron chi connectivity index (χ2n) is 4.76. The maximum Gasteiger partial charge on any atom is 0.197 e. The summed E-state index contributed by atoms with van der Waals surface area (Å²) >= 11 is 12.5. The van der Waals surface area contributed by atoms with Crippen molar-refractivity contribution in [1.29, 1.82) is 0 Å². The molecular formula is C16H14Cl2N2O. The lowest BCUT2D eigenvalue weighted by Gasteiger charge is -2.17. The van der Waals surface area contributed by atoms with E-state index in [4.69, 9.17) is 27.6 Å². The van der Waals surface area contributed by atoms with Crippen molar-refractivity contribution in [2.24, 2.45) is 0 Å². The Kier molecular flexibility index (Phi) is 4.15. The molecule has 0 aliphatic rings. The summed E-state index contributed by atoms with van der Waals surface area (Å²) in [6.07, 6.45) is 0.578. The summed E-state index contributed by atoms with van der Waals surface area (Å²) in [6.45, 7) is 0. The number of rotatable bonds is 4. The zero-order valence-corrected chi connectivity index (χ0v) is 12.9. The third kappa shape index (κ3) is 2.91. The standard InChI is InChI=1S/C16H14Cl2N2O/c1-19-13(16-10(17)5-4-6-11(16)18)9-15-20-12-7-2-3-8-14(12)21-15/h2-8,13,19H,9H2,1H3. The topological polar surface area (TPSA) is 38.1 Å². The summed E-state index contributed by atoms with van der Waals surface area (Å²) in [5.74, 6) is 0.659. The molecule has 0 bridgehead atoms. The second-order valence-corrected chi connectivity index (χ2v) is 5.57. The van der Waals surface area contributed by atoms with Crippen molar-refractivity contribution in [2.75, 3.05) is 7.05 Å². The minimum absolute atomic E-state index is 0.0562. The van der Waals surface area contributed by atoms with Crippen LogP contribution in [-0.2, 0) is 6.42 Å². The molecule has 2 aromatic carbocycles. The highest BCUT2D eigenvalue weighted by Gasteiger charge is 2.19. The molecule has 0 fully saturated rings. The van der Waals surface area contributed by atoms with Crippen LogP contribution in [0.5, 0.6) is 0 Å². The summed E-state index contributed by atoms with van der Waals surface area (Å²) in [7, 11) is 1.87. The van der Waals surface area contributed by atoms with Crippen molar-refractivity contribution in [2.45, 2.75) is 12.5 Å². The van der Waals surface area contributed by atoms with Gasteiger partial charge in [-0.2, -0.15) is 0 Å². The first-order valence-electron chi connectivity index (χ1n) is 6.64. The lowest BCUT2D eigenvalue weighted by atomic mass is 10.0. The van der Waals surface area contributed by atoms with Crippen LogP contribution in [0.1, 0.15) is 17.5 Å². The summed E-state index contributed by atoms with van der Waals surface area (Å²) in [6, 6.07) is 13.1. The number of para-hydroxylation sites is 2. The molecule has 0 aliphatic carbocycles. The monoisotopic (exact) mass is 320 g/mol. The largest absolute Gasteiger partial charge is 0.441 e. The molecule has 108 valence electrons. The number of likely N-dealkylation sites (N-methyl/N-ethyl adjacent to an activating group) is 1. The number of halogens is 2. The normalized spacial score (nSPS) is 12.7. The van der Waals surface area contributed by atoms with E-state index in [-0.39, 0.29) is 6.04 Å². The van der Waals surface area contributed by atoms with Crippen LogP contribution in [0.25, 0.3) is 11.1 Å². The number of hydrogen-bond acceptors (Lipinski definition) is 3. The first kappa shape index (κ1) is 14.4. The molecule has 0 amide bonds. The van der Waals surface area contributed by atoms with Crippen LogP contribution in [-0.4, -0.2) is 12.0 Å². The van der Waals surface area contributed by atoms with Crippen molar-refractivity contribution in [1.82, 2.24) is 10.3 Å². The zero-order valence-electron chi connectivity index (χ0n) is 11.4. The van der Waals surface area contributed by atoms with Crippen LogP contribution in [0, 0.1) is 0 Å². The van der Waals surface area contributed by atoms with E-state index >= 15 is 0 Å². The molecule has 1 N–H and O–H groups in total. The first-order chi connectivity index (χ1) is 10.2. The molecular weight excluding hydrogens is 307 g/mol. The molecule has 1 aromatic heterocycles. The van der Waals surface area contributed by atoms with Gasteiger partial charge in [0, 0.05) is 28.1 Å². The molecule has 1 atom stereocenters. The quantitative estimate of drug-likeness (QED) is 0.761. The molecule has 0 radical (unpaired) electrons. The lowest BCUT2D eigenvalue weighted by molar-refractivity contribution is 0.474. The molecule has 3 aromatic rings. The van der Waals surface area contributed by atoms with Crippen molar-refractivity contribution in [3.05, 3.63) is 64.0 Å². The van der Waals surface area contributed by atoms with Gasteiger partial charge in [0.2, 0.25) is 0 Å². The van der Waals surface area contributed by atoms with Gasteiger partial charge in [-0.3, -0.25) is 0 Å². The Bertz CT molecular complexity index is 717. The Hall–Kier alpha value is -1.55. The summed E-state index contributed by atoms with van der Waals surface area (Å²) < 4.78 is 5.76. The predicted molar refractivity (Wildman–Crippen MR) is 86.0 cm³/mol. The molecule has 0 saturated heterocycles. The van der Waals surface area contributed by atoms with Gasteiger partial charge in [0.15, 0.2) is 11.5 Å². The number of aromatic nitrogens is 1. The second kappa shape index (κ2) is 6.06. The Balaban J connectivity index is 1.94. The highest BCUT2D eigenvalue weighted by molar-refractivity contribution is 6.36. The zero-order chi connectivity index (χ0) is 14.8. The number of hydrogen-bond donors (Lipinski definition) is 1. The highest BCUT2D eigenvalue weighted by atomic mass is 35.5. The summed E-state index contributed by atoms with van der Waals surface area (Å²) in [5.41, 5.74) is 2.51. The van der Waals surface area contributed by atoms with Gasteiger partial charge in [-0.25, -0.2) is 4.98 Å². The van der Waals surface area contributed by atoms with E-state index in [0.717, 1.165) is 16.7 Å². The van der Waals surface area contributed by atoms with Crippen LogP contribution in [0.15, 0.2) is 46.9 Å². The van der Waals surface area contributed by atoms with E-state index in [0.29, 0.717) is 22.4 Å². The fourth-order valence-electron chi connectivity index (χ4n) is 2.37. The van der Waals surface area contributed by atoms with Crippen molar-refractivity contribution in [3.63, 3.8) is 0 Å². The van der Waals surface area contributed by atoms with Gasteiger partial charge < -0.3 is 9.73 Å². The molecule has 0 aliphatic heterocycles. The third-order valence-electron chi connectivity index (χ3n) is 3.41. The average Bonchev–Trinajstić information content (AvgIpc) is 2.88. The van der Waals surface area contributed by atoms with E-state index in [2.05, 4.69) is 10.3 Å². The van der Waals surface area contributed by atoms with Crippen LogP contribution < -0.4 is 5.32 Å². The van der Waals surface area contributed by atoms with Crippen LogP contribution >= 0.6 is 23.2 Å². The fourth-order valence-corrected chi connectivity index (χ4v) is 3.03. The van der Waals surface area contributed by atoms with E-state index in [1.165, 1.54) is 0 Å². The molecule has 5 heteroatoms. The van der Waals surface area contributed by atoms with Crippen LogP contribution in [0.4, 0.5) is 0 Å². The Morgan fingerprint density at radius 2 is 1.81 bits per heavy atom. The number of nitrogens with zero attached hydrogens (tertiary/aromatic N) is 1. The highest BCUT2D eigenvalue weighted by Crippen LogP contribution is 2.32. The molecule has 1 heterocycles. The molecule has 3 rings (SSSR count). The minimum atomic E-state index is -0.0562. The third-order valence-corrected chi connectivity index (χ3v) is 4.07. The summed E-state index contributed by atoms with van der Waals surface area (Å²) in [4.78, 5) is 4.49. The molecule has 1 unspecified atom stereocenters. The Morgan fingerprint density at radius 3 is 2.48 bits per heavy atom. The molecule has 3 nitrogen and oxygen atoms in total. The van der Waals surface area contributed by atoms with Crippen molar-refractivity contribution < 1.29 is 4.42 Å². The number of benzene rings is 2. The van der Waals surface area contributed by atoms with Gasteiger partial charge in [-0.05, 0) is 31.3 Å². The number of oxazole rings is 1. The van der Waals surface area contributed by atoms with E-state index < -0.39 is 0 Å². The van der Waals surface area contributed by atoms with Crippen LogP contribution in [0.3, 0.4) is 0 Å². The van der Waals surface area contributed by atoms with Gasteiger partial charge >= 0.3 is 0 Å². The Morgan fingerprint density at radius 1 is 1.10 bits per heavy atom. The van der Waals surface area contributed by atoms with Crippen LogP contribution in [0.2, 0.25) is 10.0 Å². The molecule has 0 spiro atoms. The minimum Gasteiger partial charge on any atom is -0.441 e. The summed E-state index contributed by atoms with van der Waals surface area (Å²) in [5, 5.41) is 4.50. The molecule has 0 saturated carbocycles. The lowest BCUT2D eigenvalue weighted by Crippen LogP contribution is -2.19. The van der Waals surface area contributed by atoms with E-state index in [1.807, 2.05) is 49.5 Å². The molecule has 21 heavy (non-hydrogen) atoms. The maximum atomic E-state index is 6.27. The Labute approximate surface area is 132 Å². The maximum absolute atomic E-state index is 6.27. The fraction of sp³-hybridized carbons (Fsp3) is 0.188. The smallest absolute Gasteiger partial charge is 0.197 e. The van der Waals surface area contributed by atoms with Gasteiger partial charge in [-0.15, -0.1) is 0 Å². The van der Waals surface area contributed by atoms with E-state index in [9.17, 15) is 0 Å². The van der Waals surface area contributed by atoms with Crippen molar-refractivity contribution in [3.8, 4) is 0 Å².